The zero-order valence-electron chi connectivity index (χ0n) is 11.3. The molecular formula is C15H21NO3. The van der Waals surface area contributed by atoms with Gasteiger partial charge in [0.25, 0.3) is 0 Å². The number of nitrogens with zero attached hydrogens (tertiary/aromatic N) is 1. The molecule has 104 valence electrons. The molecule has 0 heterocycles. The van der Waals surface area contributed by atoms with Crippen molar-refractivity contribution in [3.05, 3.63) is 29.8 Å². The zero-order chi connectivity index (χ0) is 13.7. The number of aliphatic hydroxyl groups is 1. The van der Waals surface area contributed by atoms with Crippen LogP contribution < -0.4 is 4.74 Å². The first-order valence-electron chi connectivity index (χ1n) is 6.78. The number of hydrogen-bond acceptors (Lipinski definition) is 3. The SMILES string of the molecule is COc1ccccc1CCC(=O)N(CCO)C1CC1. The van der Waals surface area contributed by atoms with E-state index in [1.165, 1.54) is 0 Å². The number of rotatable bonds is 7. The van der Waals surface area contributed by atoms with E-state index in [2.05, 4.69) is 0 Å². The minimum absolute atomic E-state index is 0.0386. The highest BCUT2D eigenvalue weighted by Crippen LogP contribution is 2.27. The Balaban J connectivity index is 1.91. The molecule has 19 heavy (non-hydrogen) atoms. The Bertz CT molecular complexity index is 429. The second kappa shape index (κ2) is 6.57. The number of amides is 1. The van der Waals surface area contributed by atoms with Crippen LogP contribution in [0.4, 0.5) is 0 Å². The standard InChI is InChI=1S/C15H21NO3/c1-19-14-5-3-2-4-12(14)6-9-15(18)16(10-11-17)13-7-8-13/h2-5,13,17H,6-11H2,1H3. The molecule has 4 heteroatoms. The Labute approximate surface area is 114 Å². The summed E-state index contributed by atoms with van der Waals surface area (Å²) in [4.78, 5) is 14.0. The van der Waals surface area contributed by atoms with Crippen molar-refractivity contribution in [2.24, 2.45) is 0 Å². The van der Waals surface area contributed by atoms with Crippen molar-refractivity contribution in [2.75, 3.05) is 20.3 Å². The van der Waals surface area contributed by atoms with E-state index in [0.717, 1.165) is 24.2 Å². The molecule has 2 rings (SSSR count). The van der Waals surface area contributed by atoms with E-state index in [4.69, 9.17) is 9.84 Å². The largest absolute Gasteiger partial charge is 0.496 e. The molecule has 1 aliphatic rings. The fourth-order valence-electron chi connectivity index (χ4n) is 2.30. The van der Waals surface area contributed by atoms with Gasteiger partial charge < -0.3 is 14.7 Å². The number of ether oxygens (including phenoxy) is 1. The zero-order valence-corrected chi connectivity index (χ0v) is 11.3. The van der Waals surface area contributed by atoms with E-state index < -0.39 is 0 Å². The Hall–Kier alpha value is -1.55. The number of benzene rings is 1. The lowest BCUT2D eigenvalue weighted by molar-refractivity contribution is -0.132. The van der Waals surface area contributed by atoms with Crippen LogP contribution in [0.2, 0.25) is 0 Å². The van der Waals surface area contributed by atoms with E-state index in [0.29, 0.717) is 25.4 Å². The average molecular weight is 263 g/mol. The molecule has 1 aromatic carbocycles. The van der Waals surface area contributed by atoms with Crippen molar-refractivity contribution in [3.8, 4) is 5.75 Å². The lowest BCUT2D eigenvalue weighted by Gasteiger charge is -2.21. The highest BCUT2D eigenvalue weighted by atomic mass is 16.5. The van der Waals surface area contributed by atoms with Crippen molar-refractivity contribution < 1.29 is 14.6 Å². The number of aryl methyl sites for hydroxylation is 1. The Morgan fingerprint density at radius 1 is 1.42 bits per heavy atom. The third kappa shape index (κ3) is 3.70. The van der Waals surface area contributed by atoms with Gasteiger partial charge in [0.1, 0.15) is 5.75 Å². The quantitative estimate of drug-likeness (QED) is 0.813. The summed E-state index contributed by atoms with van der Waals surface area (Å²) in [7, 11) is 1.64. The van der Waals surface area contributed by atoms with Gasteiger partial charge in [-0.05, 0) is 30.9 Å². The molecule has 1 N–H and O–H groups in total. The van der Waals surface area contributed by atoms with Gasteiger partial charge in [0, 0.05) is 19.0 Å². The lowest BCUT2D eigenvalue weighted by Crippen LogP contribution is -2.35. The van der Waals surface area contributed by atoms with Crippen LogP contribution in [0, 0.1) is 0 Å². The predicted octanol–water partition coefficient (Wildman–Crippen LogP) is 1.61. The highest BCUT2D eigenvalue weighted by molar-refractivity contribution is 5.77. The number of carbonyl (C=O) groups excluding carboxylic acids is 1. The summed E-state index contributed by atoms with van der Waals surface area (Å²) in [5.41, 5.74) is 1.05. The van der Waals surface area contributed by atoms with Crippen molar-refractivity contribution in [3.63, 3.8) is 0 Å². The minimum atomic E-state index is 0.0386. The molecule has 0 unspecified atom stereocenters. The second-order valence-electron chi connectivity index (χ2n) is 4.85. The molecule has 1 fully saturated rings. The Morgan fingerprint density at radius 3 is 2.79 bits per heavy atom. The molecule has 0 aliphatic heterocycles. The average Bonchev–Trinajstić information content (AvgIpc) is 3.27. The summed E-state index contributed by atoms with van der Waals surface area (Å²) in [5.74, 6) is 0.956. The van der Waals surface area contributed by atoms with Crippen molar-refractivity contribution >= 4 is 5.91 Å². The molecule has 4 nitrogen and oxygen atoms in total. The first kappa shape index (κ1) is 13.9. The Morgan fingerprint density at radius 2 is 2.16 bits per heavy atom. The van der Waals surface area contributed by atoms with E-state index in [-0.39, 0.29) is 12.5 Å². The number of methoxy groups -OCH3 is 1. The van der Waals surface area contributed by atoms with Gasteiger partial charge in [0.05, 0.1) is 13.7 Å². The van der Waals surface area contributed by atoms with Crippen LogP contribution in [0.1, 0.15) is 24.8 Å². The Kier molecular flexibility index (Phi) is 4.80. The number of hydrogen-bond donors (Lipinski definition) is 1. The number of aliphatic hydroxyl groups excluding tert-OH is 1. The molecule has 0 spiro atoms. The molecule has 0 bridgehead atoms. The third-order valence-electron chi connectivity index (χ3n) is 3.45. The molecule has 1 saturated carbocycles. The third-order valence-corrected chi connectivity index (χ3v) is 3.45. The number of para-hydroxylation sites is 1. The van der Waals surface area contributed by atoms with E-state index in [1.807, 2.05) is 29.2 Å². The van der Waals surface area contributed by atoms with Crippen LogP contribution >= 0.6 is 0 Å². The fourth-order valence-corrected chi connectivity index (χ4v) is 2.30. The van der Waals surface area contributed by atoms with Gasteiger partial charge in [-0.2, -0.15) is 0 Å². The summed E-state index contributed by atoms with van der Waals surface area (Å²) >= 11 is 0. The smallest absolute Gasteiger partial charge is 0.223 e. The summed E-state index contributed by atoms with van der Waals surface area (Å²) < 4.78 is 5.28. The molecule has 1 amide bonds. The minimum Gasteiger partial charge on any atom is -0.496 e. The molecule has 0 saturated heterocycles. The van der Waals surface area contributed by atoms with Gasteiger partial charge in [-0.1, -0.05) is 18.2 Å². The van der Waals surface area contributed by atoms with Crippen LogP contribution in [-0.2, 0) is 11.2 Å². The van der Waals surface area contributed by atoms with Crippen LogP contribution in [-0.4, -0.2) is 42.2 Å². The first-order valence-corrected chi connectivity index (χ1v) is 6.78. The van der Waals surface area contributed by atoms with E-state index >= 15 is 0 Å². The van der Waals surface area contributed by atoms with Gasteiger partial charge in [0.2, 0.25) is 5.91 Å². The van der Waals surface area contributed by atoms with Crippen LogP contribution in [0.3, 0.4) is 0 Å². The molecule has 0 aromatic heterocycles. The maximum absolute atomic E-state index is 12.2. The summed E-state index contributed by atoms with van der Waals surface area (Å²) in [6.07, 6.45) is 3.29. The van der Waals surface area contributed by atoms with E-state index in [9.17, 15) is 4.79 Å². The molecule has 1 aliphatic carbocycles. The van der Waals surface area contributed by atoms with Crippen molar-refractivity contribution in [1.82, 2.24) is 4.90 Å². The van der Waals surface area contributed by atoms with Gasteiger partial charge in [-0.25, -0.2) is 0 Å². The maximum atomic E-state index is 12.2. The van der Waals surface area contributed by atoms with E-state index in [1.54, 1.807) is 7.11 Å². The maximum Gasteiger partial charge on any atom is 0.223 e. The topological polar surface area (TPSA) is 49.8 Å². The van der Waals surface area contributed by atoms with Gasteiger partial charge in [-0.15, -0.1) is 0 Å². The van der Waals surface area contributed by atoms with Gasteiger partial charge >= 0.3 is 0 Å². The normalized spacial score (nSPS) is 14.2. The van der Waals surface area contributed by atoms with Crippen LogP contribution in [0.15, 0.2) is 24.3 Å². The molecule has 0 radical (unpaired) electrons. The van der Waals surface area contributed by atoms with Crippen LogP contribution in [0.5, 0.6) is 5.75 Å². The van der Waals surface area contributed by atoms with Gasteiger partial charge in [0.15, 0.2) is 0 Å². The van der Waals surface area contributed by atoms with Gasteiger partial charge in [-0.3, -0.25) is 4.79 Å². The molecule has 1 aromatic rings. The predicted molar refractivity (Wildman–Crippen MR) is 73.1 cm³/mol. The fraction of sp³-hybridized carbons (Fsp3) is 0.533. The number of carbonyl (C=O) groups is 1. The lowest BCUT2D eigenvalue weighted by atomic mass is 10.1. The molecular weight excluding hydrogens is 242 g/mol. The molecule has 0 atom stereocenters. The second-order valence-corrected chi connectivity index (χ2v) is 4.85. The summed E-state index contributed by atoms with van der Waals surface area (Å²) in [6, 6.07) is 8.13. The van der Waals surface area contributed by atoms with Crippen molar-refractivity contribution in [1.29, 1.82) is 0 Å². The summed E-state index contributed by atoms with van der Waals surface area (Å²) in [6.45, 7) is 0.492. The monoisotopic (exact) mass is 263 g/mol. The van der Waals surface area contributed by atoms with Crippen molar-refractivity contribution in [2.45, 2.75) is 31.7 Å². The first-order chi connectivity index (χ1) is 9.26. The summed E-state index contributed by atoms with van der Waals surface area (Å²) in [5, 5.41) is 9.02. The van der Waals surface area contributed by atoms with Crippen LogP contribution in [0.25, 0.3) is 0 Å². The highest BCUT2D eigenvalue weighted by Gasteiger charge is 2.31.